The summed E-state index contributed by atoms with van der Waals surface area (Å²) in [5, 5.41) is 12.3. The molecule has 1 fully saturated rings. The summed E-state index contributed by atoms with van der Waals surface area (Å²) in [6.45, 7) is 3.46. The zero-order valence-corrected chi connectivity index (χ0v) is 15.3. The number of hydrogen-bond acceptors (Lipinski definition) is 3. The van der Waals surface area contributed by atoms with Gasteiger partial charge in [0.1, 0.15) is 0 Å². The molecule has 2 heterocycles. The standard InChI is InChI=1S/C20H24N2O2S/c1-15(16-7-3-2-4-8-16)6-5-9-18-14-25-19(21-18)17-10-12-22(13-11-17)20(23)24/h2-5,7-9,14-15,17H,6,10-13H2,1H3,(H,23,24). The molecule has 1 unspecified atom stereocenters. The van der Waals surface area contributed by atoms with Gasteiger partial charge in [0.05, 0.1) is 10.7 Å². The number of piperidine rings is 1. The number of carboxylic acid groups (broad SMARTS) is 1. The van der Waals surface area contributed by atoms with Crippen molar-refractivity contribution in [2.75, 3.05) is 13.1 Å². The second-order valence-corrected chi connectivity index (χ2v) is 7.49. The lowest BCUT2D eigenvalue weighted by molar-refractivity contribution is 0.132. The van der Waals surface area contributed by atoms with Crippen molar-refractivity contribution in [3.8, 4) is 0 Å². The normalized spacial score (nSPS) is 17.1. The second kappa shape index (κ2) is 8.30. The molecule has 0 spiro atoms. The van der Waals surface area contributed by atoms with E-state index in [-0.39, 0.29) is 0 Å². The Balaban J connectivity index is 1.53. The van der Waals surface area contributed by atoms with Crippen molar-refractivity contribution in [1.29, 1.82) is 0 Å². The molecule has 0 radical (unpaired) electrons. The van der Waals surface area contributed by atoms with E-state index >= 15 is 0 Å². The van der Waals surface area contributed by atoms with Crippen molar-refractivity contribution in [3.63, 3.8) is 0 Å². The SMILES string of the molecule is CC(CC=Cc1csc(C2CCN(C(=O)O)CC2)n1)c1ccccc1. The molecule has 0 bridgehead atoms. The third-order valence-corrected chi connectivity index (χ3v) is 5.83. The molecule has 1 aliphatic heterocycles. The van der Waals surface area contributed by atoms with Gasteiger partial charge in [0, 0.05) is 24.4 Å². The first-order valence-electron chi connectivity index (χ1n) is 8.78. The van der Waals surface area contributed by atoms with Crippen LogP contribution in [0.3, 0.4) is 0 Å². The van der Waals surface area contributed by atoms with Gasteiger partial charge in [0.25, 0.3) is 0 Å². The van der Waals surface area contributed by atoms with Crippen LogP contribution in [-0.4, -0.2) is 34.2 Å². The summed E-state index contributed by atoms with van der Waals surface area (Å²) in [6, 6.07) is 10.5. The van der Waals surface area contributed by atoms with Crippen LogP contribution in [-0.2, 0) is 0 Å². The van der Waals surface area contributed by atoms with Crippen molar-refractivity contribution in [3.05, 3.63) is 58.1 Å². The largest absolute Gasteiger partial charge is 0.465 e. The molecular weight excluding hydrogens is 332 g/mol. The zero-order chi connectivity index (χ0) is 17.6. The van der Waals surface area contributed by atoms with Crippen molar-refractivity contribution in [1.82, 2.24) is 9.88 Å². The molecule has 1 atom stereocenters. The Labute approximate surface area is 152 Å². The first kappa shape index (κ1) is 17.7. The summed E-state index contributed by atoms with van der Waals surface area (Å²) in [6.07, 6.45) is 6.22. The predicted octanol–water partition coefficient (Wildman–Crippen LogP) is 5.21. The maximum Gasteiger partial charge on any atom is 0.407 e. The Hall–Kier alpha value is -2.14. The third kappa shape index (κ3) is 4.69. The van der Waals surface area contributed by atoms with Crippen LogP contribution in [0.2, 0.25) is 0 Å². The lowest BCUT2D eigenvalue weighted by atomic mass is 9.97. The van der Waals surface area contributed by atoms with E-state index in [1.54, 1.807) is 11.3 Å². The molecule has 1 aromatic carbocycles. The minimum absolute atomic E-state index is 0.394. The van der Waals surface area contributed by atoms with Crippen molar-refractivity contribution < 1.29 is 9.90 Å². The monoisotopic (exact) mass is 356 g/mol. The summed E-state index contributed by atoms with van der Waals surface area (Å²) < 4.78 is 0. The van der Waals surface area contributed by atoms with Crippen molar-refractivity contribution in [2.45, 2.75) is 38.0 Å². The van der Waals surface area contributed by atoms with Crippen LogP contribution in [0.5, 0.6) is 0 Å². The zero-order valence-electron chi connectivity index (χ0n) is 14.5. The quantitative estimate of drug-likeness (QED) is 0.800. The van der Waals surface area contributed by atoms with Crippen LogP contribution in [0.15, 0.2) is 41.8 Å². The summed E-state index contributed by atoms with van der Waals surface area (Å²) in [5.74, 6) is 0.891. The molecule has 4 nitrogen and oxygen atoms in total. The van der Waals surface area contributed by atoms with E-state index in [4.69, 9.17) is 10.1 Å². The van der Waals surface area contributed by atoms with Crippen LogP contribution < -0.4 is 0 Å². The molecule has 5 heteroatoms. The Morgan fingerprint density at radius 1 is 1.36 bits per heavy atom. The molecule has 132 valence electrons. The van der Waals surface area contributed by atoms with Gasteiger partial charge in [0.15, 0.2) is 0 Å². The first-order valence-corrected chi connectivity index (χ1v) is 9.66. The van der Waals surface area contributed by atoms with E-state index in [9.17, 15) is 4.79 Å². The fourth-order valence-electron chi connectivity index (χ4n) is 3.19. The Kier molecular flexibility index (Phi) is 5.87. The van der Waals surface area contributed by atoms with E-state index in [1.165, 1.54) is 10.5 Å². The van der Waals surface area contributed by atoms with E-state index < -0.39 is 6.09 Å². The highest BCUT2D eigenvalue weighted by molar-refractivity contribution is 7.09. The Morgan fingerprint density at radius 3 is 2.76 bits per heavy atom. The molecule has 0 aliphatic carbocycles. The molecule has 2 aromatic rings. The van der Waals surface area contributed by atoms with Gasteiger partial charge in [-0.15, -0.1) is 11.3 Å². The van der Waals surface area contributed by atoms with Gasteiger partial charge in [-0.3, -0.25) is 0 Å². The number of amides is 1. The van der Waals surface area contributed by atoms with E-state index in [0.717, 1.165) is 30.0 Å². The maximum absolute atomic E-state index is 11.0. The topological polar surface area (TPSA) is 53.4 Å². The number of rotatable bonds is 5. The minimum atomic E-state index is -0.811. The van der Waals surface area contributed by atoms with Gasteiger partial charge in [-0.2, -0.15) is 0 Å². The number of aromatic nitrogens is 1. The molecule has 1 aromatic heterocycles. The van der Waals surface area contributed by atoms with Gasteiger partial charge < -0.3 is 10.0 Å². The number of carbonyl (C=O) groups is 1. The molecule has 1 amide bonds. The summed E-state index contributed by atoms with van der Waals surface area (Å²) >= 11 is 1.69. The average Bonchev–Trinajstić information content (AvgIpc) is 3.11. The molecule has 3 rings (SSSR count). The summed E-state index contributed by atoms with van der Waals surface area (Å²) in [7, 11) is 0. The van der Waals surface area contributed by atoms with Crippen LogP contribution in [0.25, 0.3) is 6.08 Å². The van der Waals surface area contributed by atoms with Crippen LogP contribution >= 0.6 is 11.3 Å². The highest BCUT2D eigenvalue weighted by Crippen LogP contribution is 2.30. The summed E-state index contributed by atoms with van der Waals surface area (Å²) in [4.78, 5) is 17.2. The van der Waals surface area contributed by atoms with Gasteiger partial charge in [-0.1, -0.05) is 43.3 Å². The average molecular weight is 356 g/mol. The third-order valence-electron chi connectivity index (χ3n) is 4.80. The Morgan fingerprint density at radius 2 is 2.08 bits per heavy atom. The number of hydrogen-bond donors (Lipinski definition) is 1. The van der Waals surface area contributed by atoms with Crippen LogP contribution in [0.4, 0.5) is 4.79 Å². The molecular formula is C20H24N2O2S. The first-order chi connectivity index (χ1) is 12.1. The van der Waals surface area contributed by atoms with E-state index in [0.29, 0.717) is 24.9 Å². The summed E-state index contributed by atoms with van der Waals surface area (Å²) in [5.41, 5.74) is 2.37. The molecule has 0 saturated carbocycles. The number of thiazole rings is 1. The molecule has 25 heavy (non-hydrogen) atoms. The highest BCUT2D eigenvalue weighted by Gasteiger charge is 2.25. The fourth-order valence-corrected chi connectivity index (χ4v) is 4.15. The van der Waals surface area contributed by atoms with Gasteiger partial charge in [-0.25, -0.2) is 9.78 Å². The van der Waals surface area contributed by atoms with E-state index in [2.05, 4.69) is 48.7 Å². The molecule has 1 N–H and O–H groups in total. The van der Waals surface area contributed by atoms with Crippen molar-refractivity contribution in [2.24, 2.45) is 0 Å². The van der Waals surface area contributed by atoms with Crippen LogP contribution in [0, 0.1) is 0 Å². The predicted molar refractivity (Wildman–Crippen MR) is 102 cm³/mol. The number of allylic oxidation sites excluding steroid dienone is 1. The van der Waals surface area contributed by atoms with Gasteiger partial charge in [-0.05, 0) is 36.8 Å². The Bertz CT molecular complexity index is 718. The minimum Gasteiger partial charge on any atom is -0.465 e. The smallest absolute Gasteiger partial charge is 0.407 e. The highest BCUT2D eigenvalue weighted by atomic mass is 32.1. The van der Waals surface area contributed by atoms with Gasteiger partial charge in [0.2, 0.25) is 0 Å². The van der Waals surface area contributed by atoms with Crippen molar-refractivity contribution >= 4 is 23.5 Å². The maximum atomic E-state index is 11.0. The molecule has 1 saturated heterocycles. The number of benzene rings is 1. The lowest BCUT2D eigenvalue weighted by Gasteiger charge is -2.28. The van der Waals surface area contributed by atoms with E-state index in [1.807, 2.05) is 6.07 Å². The van der Waals surface area contributed by atoms with Crippen LogP contribution in [0.1, 0.15) is 54.3 Å². The molecule has 1 aliphatic rings. The number of likely N-dealkylation sites (tertiary alicyclic amines) is 1. The van der Waals surface area contributed by atoms with Gasteiger partial charge >= 0.3 is 6.09 Å². The fraction of sp³-hybridized carbons (Fsp3) is 0.400. The lowest BCUT2D eigenvalue weighted by Crippen LogP contribution is -2.36. The second-order valence-electron chi connectivity index (χ2n) is 6.60. The number of nitrogens with zero attached hydrogens (tertiary/aromatic N) is 2.